The van der Waals surface area contributed by atoms with Gasteiger partial charge >= 0.3 is 0 Å². The van der Waals surface area contributed by atoms with Gasteiger partial charge in [0.1, 0.15) is 0 Å². The van der Waals surface area contributed by atoms with Crippen LogP contribution in [0.5, 0.6) is 0 Å². The Balaban J connectivity index is 1.88. The van der Waals surface area contributed by atoms with Gasteiger partial charge in [0.05, 0.1) is 0 Å². The standard InChI is InChI=1S/C12H14N2/c1-2-10(3-1)14-11-4-5-12-9(8-11)6-7-13-12/h4-8,10,13-14H,1-3H2. The van der Waals surface area contributed by atoms with Crippen LogP contribution >= 0.6 is 0 Å². The van der Waals surface area contributed by atoms with Crippen LogP contribution in [0.15, 0.2) is 30.5 Å². The summed E-state index contributed by atoms with van der Waals surface area (Å²) in [5.41, 5.74) is 2.46. The highest BCUT2D eigenvalue weighted by molar-refractivity contribution is 5.83. The monoisotopic (exact) mass is 186 g/mol. The van der Waals surface area contributed by atoms with E-state index in [2.05, 4.69) is 34.6 Å². The van der Waals surface area contributed by atoms with Crippen LogP contribution < -0.4 is 5.32 Å². The fourth-order valence-electron chi connectivity index (χ4n) is 1.93. The molecule has 0 aliphatic heterocycles. The van der Waals surface area contributed by atoms with Gasteiger partial charge in [-0.25, -0.2) is 0 Å². The Kier molecular flexibility index (Phi) is 1.72. The Morgan fingerprint density at radius 3 is 2.93 bits per heavy atom. The average Bonchev–Trinajstić information content (AvgIpc) is 2.58. The molecular formula is C12H14N2. The zero-order valence-electron chi connectivity index (χ0n) is 8.09. The highest BCUT2D eigenvalue weighted by Gasteiger charge is 2.16. The molecule has 3 rings (SSSR count). The molecule has 0 unspecified atom stereocenters. The van der Waals surface area contributed by atoms with Crippen molar-refractivity contribution in [3.05, 3.63) is 30.5 Å². The summed E-state index contributed by atoms with van der Waals surface area (Å²) in [5.74, 6) is 0. The third-order valence-electron chi connectivity index (χ3n) is 3.03. The van der Waals surface area contributed by atoms with E-state index in [-0.39, 0.29) is 0 Å². The molecule has 0 saturated heterocycles. The van der Waals surface area contributed by atoms with Crippen LogP contribution in [-0.4, -0.2) is 11.0 Å². The summed E-state index contributed by atoms with van der Waals surface area (Å²) in [5, 5.41) is 4.83. The zero-order chi connectivity index (χ0) is 9.38. The topological polar surface area (TPSA) is 27.8 Å². The summed E-state index contributed by atoms with van der Waals surface area (Å²) in [6.45, 7) is 0. The molecule has 0 amide bonds. The lowest BCUT2D eigenvalue weighted by atomic mass is 9.93. The number of hydrogen-bond acceptors (Lipinski definition) is 1. The minimum Gasteiger partial charge on any atom is -0.382 e. The number of hydrogen-bond donors (Lipinski definition) is 2. The first-order valence-electron chi connectivity index (χ1n) is 5.25. The molecule has 1 aliphatic rings. The third-order valence-corrected chi connectivity index (χ3v) is 3.03. The van der Waals surface area contributed by atoms with Gasteiger partial charge in [-0.05, 0) is 43.5 Å². The van der Waals surface area contributed by atoms with Crippen LogP contribution in [0.3, 0.4) is 0 Å². The molecule has 72 valence electrons. The van der Waals surface area contributed by atoms with Gasteiger partial charge in [0.25, 0.3) is 0 Å². The van der Waals surface area contributed by atoms with Gasteiger partial charge in [-0.2, -0.15) is 0 Å². The van der Waals surface area contributed by atoms with Crippen LogP contribution in [0.2, 0.25) is 0 Å². The van der Waals surface area contributed by atoms with E-state index in [0.29, 0.717) is 6.04 Å². The Labute approximate surface area is 83.3 Å². The zero-order valence-corrected chi connectivity index (χ0v) is 8.09. The molecule has 1 aromatic carbocycles. The van der Waals surface area contributed by atoms with Crippen LogP contribution in [0.1, 0.15) is 19.3 Å². The molecule has 14 heavy (non-hydrogen) atoms. The summed E-state index contributed by atoms with van der Waals surface area (Å²) in [7, 11) is 0. The summed E-state index contributed by atoms with van der Waals surface area (Å²) in [6, 6.07) is 9.32. The minimum absolute atomic E-state index is 0.714. The third kappa shape index (κ3) is 1.27. The van der Waals surface area contributed by atoms with Crippen molar-refractivity contribution in [3.8, 4) is 0 Å². The Bertz CT molecular complexity index is 440. The number of benzene rings is 1. The van der Waals surface area contributed by atoms with E-state index >= 15 is 0 Å². The summed E-state index contributed by atoms with van der Waals surface area (Å²) < 4.78 is 0. The second-order valence-corrected chi connectivity index (χ2v) is 4.05. The molecule has 2 N–H and O–H groups in total. The van der Waals surface area contributed by atoms with Crippen LogP contribution in [0.4, 0.5) is 5.69 Å². The molecule has 0 atom stereocenters. The maximum atomic E-state index is 3.55. The molecular weight excluding hydrogens is 172 g/mol. The van der Waals surface area contributed by atoms with Gasteiger partial charge in [0.15, 0.2) is 0 Å². The van der Waals surface area contributed by atoms with Gasteiger partial charge in [-0.3, -0.25) is 0 Å². The summed E-state index contributed by atoms with van der Waals surface area (Å²) in [6.07, 6.45) is 6.01. The minimum atomic E-state index is 0.714. The van der Waals surface area contributed by atoms with E-state index in [0.717, 1.165) is 0 Å². The van der Waals surface area contributed by atoms with Crippen molar-refractivity contribution in [3.63, 3.8) is 0 Å². The molecule has 1 heterocycles. The lowest BCUT2D eigenvalue weighted by Gasteiger charge is -2.27. The normalized spacial score (nSPS) is 16.9. The molecule has 0 radical (unpaired) electrons. The Morgan fingerprint density at radius 1 is 1.21 bits per heavy atom. The van der Waals surface area contributed by atoms with Gasteiger partial charge < -0.3 is 10.3 Å². The van der Waals surface area contributed by atoms with Crippen molar-refractivity contribution in [2.75, 3.05) is 5.32 Å². The number of aromatic nitrogens is 1. The van der Waals surface area contributed by atoms with Crippen LogP contribution in [0, 0.1) is 0 Å². The van der Waals surface area contributed by atoms with Gasteiger partial charge in [0, 0.05) is 28.8 Å². The molecule has 1 aliphatic carbocycles. The first kappa shape index (κ1) is 7.92. The number of anilines is 1. The number of fused-ring (bicyclic) bond motifs is 1. The number of nitrogens with one attached hydrogen (secondary N) is 2. The second kappa shape index (κ2) is 3.05. The summed E-state index contributed by atoms with van der Waals surface area (Å²) in [4.78, 5) is 3.20. The van der Waals surface area contributed by atoms with Crippen molar-refractivity contribution in [1.29, 1.82) is 0 Å². The molecule has 0 spiro atoms. The highest BCUT2D eigenvalue weighted by atomic mass is 14.9. The maximum absolute atomic E-state index is 3.55. The lowest BCUT2D eigenvalue weighted by molar-refractivity contribution is 0.445. The smallest absolute Gasteiger partial charge is 0.0455 e. The van der Waals surface area contributed by atoms with Crippen molar-refractivity contribution in [2.45, 2.75) is 25.3 Å². The Morgan fingerprint density at radius 2 is 2.14 bits per heavy atom. The SMILES string of the molecule is c1cc2cc(NC3CCC3)ccc2[nH]1. The largest absolute Gasteiger partial charge is 0.382 e. The van der Waals surface area contributed by atoms with Crippen molar-refractivity contribution >= 4 is 16.6 Å². The molecule has 2 aromatic rings. The van der Waals surface area contributed by atoms with E-state index in [4.69, 9.17) is 0 Å². The van der Waals surface area contributed by atoms with Crippen LogP contribution in [0.25, 0.3) is 10.9 Å². The molecule has 1 fully saturated rings. The van der Waals surface area contributed by atoms with Gasteiger partial charge in [-0.15, -0.1) is 0 Å². The van der Waals surface area contributed by atoms with Crippen LogP contribution in [-0.2, 0) is 0 Å². The number of aromatic amines is 1. The quantitative estimate of drug-likeness (QED) is 0.741. The van der Waals surface area contributed by atoms with Crippen molar-refractivity contribution < 1.29 is 0 Å². The van der Waals surface area contributed by atoms with Crippen molar-refractivity contribution in [1.82, 2.24) is 4.98 Å². The molecule has 2 nitrogen and oxygen atoms in total. The lowest BCUT2D eigenvalue weighted by Crippen LogP contribution is -2.26. The van der Waals surface area contributed by atoms with E-state index in [9.17, 15) is 0 Å². The van der Waals surface area contributed by atoms with E-state index in [1.165, 1.54) is 35.9 Å². The van der Waals surface area contributed by atoms with Gasteiger partial charge in [-0.1, -0.05) is 0 Å². The molecule has 0 bridgehead atoms. The first-order chi connectivity index (χ1) is 6.92. The Hall–Kier alpha value is -1.44. The van der Waals surface area contributed by atoms with E-state index in [1.54, 1.807) is 0 Å². The molecule has 1 aromatic heterocycles. The summed E-state index contributed by atoms with van der Waals surface area (Å²) >= 11 is 0. The first-order valence-corrected chi connectivity index (χ1v) is 5.25. The predicted molar refractivity (Wildman–Crippen MR) is 59.6 cm³/mol. The van der Waals surface area contributed by atoms with Gasteiger partial charge in [0.2, 0.25) is 0 Å². The predicted octanol–water partition coefficient (Wildman–Crippen LogP) is 3.13. The number of rotatable bonds is 2. The molecule has 2 heteroatoms. The molecule has 1 saturated carbocycles. The van der Waals surface area contributed by atoms with E-state index < -0.39 is 0 Å². The maximum Gasteiger partial charge on any atom is 0.0455 e. The second-order valence-electron chi connectivity index (χ2n) is 4.05. The average molecular weight is 186 g/mol. The van der Waals surface area contributed by atoms with E-state index in [1.807, 2.05) is 6.20 Å². The fourth-order valence-corrected chi connectivity index (χ4v) is 1.93. The highest BCUT2D eigenvalue weighted by Crippen LogP contribution is 2.25. The number of H-pyrrole nitrogens is 1. The fraction of sp³-hybridized carbons (Fsp3) is 0.333. The van der Waals surface area contributed by atoms with Crippen molar-refractivity contribution in [2.24, 2.45) is 0 Å².